The standard InChI is InChI=1S/C19H21N3O4S/c1-14(23)20-15-4-8-19(9-5-15)27(25,26)21-16-2-6-17(7-3-16)22-12-10-18(24)11-13-22/h2-9,21H,10-13H2,1H3,(H,20,23). The van der Waals surface area contributed by atoms with E-state index in [0.29, 0.717) is 37.3 Å². The average Bonchev–Trinajstić information content (AvgIpc) is 2.63. The van der Waals surface area contributed by atoms with E-state index in [1.54, 1.807) is 12.1 Å². The summed E-state index contributed by atoms with van der Waals surface area (Å²) in [4.78, 5) is 24.6. The van der Waals surface area contributed by atoms with Crippen LogP contribution >= 0.6 is 0 Å². The lowest BCUT2D eigenvalue weighted by molar-refractivity contribution is -0.119. The van der Waals surface area contributed by atoms with Gasteiger partial charge in [0.1, 0.15) is 5.78 Å². The molecule has 2 N–H and O–H groups in total. The first kappa shape index (κ1) is 18.9. The van der Waals surface area contributed by atoms with Crippen LogP contribution in [0.15, 0.2) is 53.4 Å². The van der Waals surface area contributed by atoms with E-state index in [9.17, 15) is 18.0 Å². The lowest BCUT2D eigenvalue weighted by atomic mass is 10.1. The van der Waals surface area contributed by atoms with Gasteiger partial charge in [0.05, 0.1) is 4.90 Å². The summed E-state index contributed by atoms with van der Waals surface area (Å²) in [5, 5.41) is 2.59. The highest BCUT2D eigenvalue weighted by atomic mass is 32.2. The Hall–Kier alpha value is -2.87. The van der Waals surface area contributed by atoms with Crippen LogP contribution < -0.4 is 14.9 Å². The Kier molecular flexibility index (Phi) is 5.46. The Labute approximate surface area is 158 Å². The van der Waals surface area contributed by atoms with Crippen molar-refractivity contribution in [2.24, 2.45) is 0 Å². The van der Waals surface area contributed by atoms with Gasteiger partial charge in [-0.05, 0) is 48.5 Å². The summed E-state index contributed by atoms with van der Waals surface area (Å²) in [6.45, 7) is 2.76. The highest BCUT2D eigenvalue weighted by molar-refractivity contribution is 7.92. The molecule has 0 spiro atoms. The van der Waals surface area contributed by atoms with Crippen molar-refractivity contribution in [1.29, 1.82) is 0 Å². The first-order valence-electron chi connectivity index (χ1n) is 8.61. The molecular formula is C19H21N3O4S. The van der Waals surface area contributed by atoms with Crippen LogP contribution in [0.5, 0.6) is 0 Å². The van der Waals surface area contributed by atoms with E-state index in [0.717, 1.165) is 5.69 Å². The van der Waals surface area contributed by atoms with Crippen molar-refractivity contribution in [2.75, 3.05) is 28.0 Å². The monoisotopic (exact) mass is 387 g/mol. The number of nitrogens with one attached hydrogen (secondary N) is 2. The lowest BCUT2D eigenvalue weighted by Crippen LogP contribution is -2.33. The van der Waals surface area contributed by atoms with Gasteiger partial charge in [-0.15, -0.1) is 0 Å². The number of amides is 1. The normalized spacial score (nSPS) is 14.7. The number of rotatable bonds is 5. The fourth-order valence-corrected chi connectivity index (χ4v) is 3.95. The Morgan fingerprint density at radius 1 is 0.926 bits per heavy atom. The highest BCUT2D eigenvalue weighted by Crippen LogP contribution is 2.23. The number of Topliss-reactive ketones (excluding diaryl/α,β-unsaturated/α-hetero) is 1. The zero-order valence-electron chi connectivity index (χ0n) is 14.9. The molecule has 142 valence electrons. The summed E-state index contributed by atoms with van der Waals surface area (Å²) < 4.78 is 27.6. The molecular weight excluding hydrogens is 366 g/mol. The number of nitrogens with zero attached hydrogens (tertiary/aromatic N) is 1. The molecule has 0 bridgehead atoms. The van der Waals surface area contributed by atoms with Crippen molar-refractivity contribution in [1.82, 2.24) is 0 Å². The largest absolute Gasteiger partial charge is 0.371 e. The minimum absolute atomic E-state index is 0.107. The van der Waals surface area contributed by atoms with Gasteiger partial charge >= 0.3 is 0 Å². The van der Waals surface area contributed by atoms with E-state index in [-0.39, 0.29) is 16.6 Å². The summed E-state index contributed by atoms with van der Waals surface area (Å²) in [5.41, 5.74) is 1.95. The molecule has 0 radical (unpaired) electrons. The molecule has 8 heteroatoms. The Balaban J connectivity index is 1.68. The van der Waals surface area contributed by atoms with Crippen LogP contribution in [0.25, 0.3) is 0 Å². The van der Waals surface area contributed by atoms with Crippen molar-refractivity contribution in [3.63, 3.8) is 0 Å². The maximum Gasteiger partial charge on any atom is 0.261 e. The van der Waals surface area contributed by atoms with Gasteiger partial charge in [-0.1, -0.05) is 0 Å². The van der Waals surface area contributed by atoms with Crippen LogP contribution in [0.4, 0.5) is 17.1 Å². The molecule has 1 amide bonds. The predicted octanol–water partition coefficient (Wildman–Crippen LogP) is 2.62. The maximum absolute atomic E-state index is 12.5. The third-order valence-corrected chi connectivity index (χ3v) is 5.69. The van der Waals surface area contributed by atoms with E-state index in [1.165, 1.54) is 31.2 Å². The summed E-state index contributed by atoms with van der Waals surface area (Å²) in [6.07, 6.45) is 1.09. The second kappa shape index (κ2) is 7.79. The second-order valence-electron chi connectivity index (χ2n) is 6.38. The molecule has 0 aromatic heterocycles. The van der Waals surface area contributed by atoms with E-state index in [2.05, 4.69) is 14.9 Å². The molecule has 3 rings (SSSR count). The summed E-state index contributed by atoms with van der Waals surface area (Å²) >= 11 is 0. The number of piperidine rings is 1. The van der Waals surface area contributed by atoms with Gasteiger partial charge < -0.3 is 10.2 Å². The molecule has 27 heavy (non-hydrogen) atoms. The summed E-state index contributed by atoms with van der Waals surface area (Å²) in [7, 11) is -3.72. The van der Waals surface area contributed by atoms with Crippen LogP contribution in [-0.2, 0) is 19.6 Å². The van der Waals surface area contributed by atoms with Gasteiger partial charge in [0.25, 0.3) is 10.0 Å². The van der Waals surface area contributed by atoms with E-state index in [4.69, 9.17) is 0 Å². The van der Waals surface area contributed by atoms with E-state index >= 15 is 0 Å². The average molecular weight is 387 g/mol. The Bertz CT molecular complexity index is 928. The quantitative estimate of drug-likeness (QED) is 0.822. The summed E-state index contributed by atoms with van der Waals surface area (Å²) in [5.74, 6) is 0.0574. The van der Waals surface area contributed by atoms with Gasteiger partial charge in [-0.3, -0.25) is 14.3 Å². The number of hydrogen-bond donors (Lipinski definition) is 2. The number of sulfonamides is 1. The van der Waals surface area contributed by atoms with Gasteiger partial charge in [0.2, 0.25) is 5.91 Å². The molecule has 1 fully saturated rings. The zero-order valence-corrected chi connectivity index (χ0v) is 15.8. The van der Waals surface area contributed by atoms with Crippen molar-refractivity contribution in [3.05, 3.63) is 48.5 Å². The summed E-state index contributed by atoms with van der Waals surface area (Å²) in [6, 6.07) is 13.0. The predicted molar refractivity (Wildman–Crippen MR) is 104 cm³/mol. The smallest absolute Gasteiger partial charge is 0.261 e. The third kappa shape index (κ3) is 4.85. The molecule has 0 atom stereocenters. The number of ketones is 1. The molecule has 7 nitrogen and oxygen atoms in total. The van der Waals surface area contributed by atoms with Crippen molar-refractivity contribution in [2.45, 2.75) is 24.7 Å². The highest BCUT2D eigenvalue weighted by Gasteiger charge is 2.17. The fourth-order valence-electron chi connectivity index (χ4n) is 2.89. The Morgan fingerprint density at radius 2 is 1.48 bits per heavy atom. The van der Waals surface area contributed by atoms with Crippen molar-refractivity contribution >= 4 is 38.8 Å². The SMILES string of the molecule is CC(=O)Nc1ccc(S(=O)(=O)Nc2ccc(N3CCC(=O)CC3)cc2)cc1. The van der Waals surface area contributed by atoms with Gasteiger partial charge in [0.15, 0.2) is 0 Å². The number of carbonyl (C=O) groups excluding carboxylic acids is 2. The van der Waals surface area contributed by atoms with Crippen LogP contribution in [0.1, 0.15) is 19.8 Å². The van der Waals surface area contributed by atoms with Crippen molar-refractivity contribution < 1.29 is 18.0 Å². The van der Waals surface area contributed by atoms with Crippen LogP contribution in [-0.4, -0.2) is 33.2 Å². The molecule has 1 saturated heterocycles. The van der Waals surface area contributed by atoms with Crippen LogP contribution in [0.2, 0.25) is 0 Å². The number of anilines is 3. The molecule has 0 unspecified atom stereocenters. The van der Waals surface area contributed by atoms with Crippen LogP contribution in [0, 0.1) is 0 Å². The maximum atomic E-state index is 12.5. The first-order chi connectivity index (χ1) is 12.8. The molecule has 1 heterocycles. The van der Waals surface area contributed by atoms with Gasteiger partial charge in [0, 0.05) is 49.9 Å². The minimum atomic E-state index is -3.72. The topological polar surface area (TPSA) is 95.6 Å². The number of carbonyl (C=O) groups is 2. The number of hydrogen-bond acceptors (Lipinski definition) is 5. The van der Waals surface area contributed by atoms with Gasteiger partial charge in [-0.2, -0.15) is 0 Å². The third-order valence-electron chi connectivity index (χ3n) is 4.29. The van der Waals surface area contributed by atoms with Gasteiger partial charge in [-0.25, -0.2) is 8.42 Å². The van der Waals surface area contributed by atoms with Crippen molar-refractivity contribution in [3.8, 4) is 0 Å². The molecule has 0 saturated carbocycles. The lowest BCUT2D eigenvalue weighted by Gasteiger charge is -2.28. The fraction of sp³-hybridized carbons (Fsp3) is 0.263. The minimum Gasteiger partial charge on any atom is -0.371 e. The molecule has 2 aromatic carbocycles. The second-order valence-corrected chi connectivity index (χ2v) is 8.07. The van der Waals surface area contributed by atoms with E-state index < -0.39 is 10.0 Å². The van der Waals surface area contributed by atoms with Crippen LogP contribution in [0.3, 0.4) is 0 Å². The molecule has 1 aliphatic rings. The van der Waals surface area contributed by atoms with E-state index in [1.807, 2.05) is 12.1 Å². The molecule has 1 aliphatic heterocycles. The molecule has 2 aromatic rings. The number of benzene rings is 2. The zero-order chi connectivity index (χ0) is 19.4. The first-order valence-corrected chi connectivity index (χ1v) is 10.1. The Morgan fingerprint density at radius 3 is 2.04 bits per heavy atom. The molecule has 0 aliphatic carbocycles.